The van der Waals surface area contributed by atoms with Crippen LogP contribution in [0.1, 0.15) is 83.7 Å². The van der Waals surface area contributed by atoms with Crippen molar-refractivity contribution in [1.29, 1.82) is 0 Å². The number of aromatic nitrogens is 3. The number of fused-ring (bicyclic) bond motifs is 6. The van der Waals surface area contributed by atoms with E-state index in [0.717, 1.165) is 44.7 Å². The normalized spacial score (nSPS) is 21.2. The predicted octanol–water partition coefficient (Wildman–Crippen LogP) is 5.54. The van der Waals surface area contributed by atoms with Crippen molar-refractivity contribution < 1.29 is 33.4 Å². The topological polar surface area (TPSA) is 184 Å². The first-order valence-electron chi connectivity index (χ1n) is 23.2. The van der Waals surface area contributed by atoms with Crippen LogP contribution in [-0.4, -0.2) is 141 Å². The maximum Gasteiger partial charge on any atom is 0.324 e. The zero-order valence-corrected chi connectivity index (χ0v) is 40.8. The van der Waals surface area contributed by atoms with Crippen LogP contribution in [0.2, 0.25) is 0 Å². The fourth-order valence-electron chi connectivity index (χ4n) is 9.59. The number of esters is 1. The number of piperazine rings is 1. The molecule has 67 heavy (non-hydrogen) atoms. The van der Waals surface area contributed by atoms with Gasteiger partial charge in [-0.2, -0.15) is 0 Å². The summed E-state index contributed by atoms with van der Waals surface area (Å²) in [5.41, 5.74) is 10.4. The minimum absolute atomic E-state index is 0.0501. The Hall–Kier alpha value is -5.98. The summed E-state index contributed by atoms with van der Waals surface area (Å²) in [5.74, 6) is -1.62. The number of amides is 5. The number of carbonyl (C=O) groups is 5. The lowest BCUT2D eigenvalue weighted by atomic mass is 9.84. The van der Waals surface area contributed by atoms with E-state index < -0.39 is 41.3 Å². The summed E-state index contributed by atoms with van der Waals surface area (Å²) in [6.45, 7) is 16.2. The van der Waals surface area contributed by atoms with E-state index in [1.807, 2.05) is 25.3 Å². The van der Waals surface area contributed by atoms with Gasteiger partial charge in [0.2, 0.25) is 0 Å². The number of ether oxygens (including phenoxy) is 2. The van der Waals surface area contributed by atoms with E-state index in [0.29, 0.717) is 68.3 Å². The van der Waals surface area contributed by atoms with Crippen molar-refractivity contribution in [2.75, 3.05) is 53.5 Å². The molecule has 2 saturated heterocycles. The van der Waals surface area contributed by atoms with E-state index >= 15 is 0 Å². The van der Waals surface area contributed by atoms with E-state index in [-0.39, 0.29) is 43.3 Å². The number of likely N-dealkylation sites (N-methyl/N-ethyl adjacent to an activating group) is 1. The zero-order chi connectivity index (χ0) is 47.9. The smallest absolute Gasteiger partial charge is 0.324 e. The number of allylic oxidation sites excluding steroid dienone is 1. The van der Waals surface area contributed by atoms with Gasteiger partial charge in [0.05, 0.1) is 41.3 Å². The summed E-state index contributed by atoms with van der Waals surface area (Å²) in [7, 11) is 3.23. The Morgan fingerprint density at radius 3 is 2.61 bits per heavy atom. The number of carbonyl (C=O) groups excluding carboxylic acids is 5. The van der Waals surface area contributed by atoms with Crippen molar-refractivity contribution in [1.82, 2.24) is 45.0 Å². The zero-order valence-electron chi connectivity index (χ0n) is 40.0. The number of pyridine rings is 1. The first-order chi connectivity index (χ1) is 32.0. The van der Waals surface area contributed by atoms with Gasteiger partial charge in [-0.25, -0.2) is 15.2 Å². The molecule has 2 N–H and O–H groups in total. The van der Waals surface area contributed by atoms with Crippen molar-refractivity contribution >= 4 is 57.7 Å². The molecule has 4 atom stereocenters. The molecule has 356 valence electrons. The number of aryl methyl sites for hydroxylation is 1. The first-order valence-corrected chi connectivity index (χ1v) is 24.1. The third-order valence-corrected chi connectivity index (χ3v) is 14.0. The quantitative estimate of drug-likeness (QED) is 0.168. The van der Waals surface area contributed by atoms with Crippen LogP contribution in [0.25, 0.3) is 33.4 Å². The number of benzene rings is 1. The number of cyclic esters (lactones) is 1. The molecule has 5 amide bonds. The average Bonchev–Trinajstić information content (AvgIpc) is 4.00. The predicted molar refractivity (Wildman–Crippen MR) is 256 cm³/mol. The molecule has 3 aromatic heterocycles. The summed E-state index contributed by atoms with van der Waals surface area (Å²) in [6, 6.07) is 7.82. The Balaban J connectivity index is 1.14. The Bertz CT molecular complexity index is 2670. The minimum Gasteiger partial charge on any atom is -0.464 e. The van der Waals surface area contributed by atoms with Gasteiger partial charge >= 0.3 is 12.0 Å². The van der Waals surface area contributed by atoms with Gasteiger partial charge in [-0.1, -0.05) is 19.9 Å². The van der Waals surface area contributed by atoms with E-state index in [1.165, 1.54) is 21.2 Å². The van der Waals surface area contributed by atoms with Gasteiger partial charge in [0.15, 0.2) is 0 Å². The lowest BCUT2D eigenvalue weighted by Crippen LogP contribution is -2.61. The number of nitrogens with one attached hydrogen (secondary N) is 2. The van der Waals surface area contributed by atoms with Gasteiger partial charge < -0.3 is 29.2 Å². The van der Waals surface area contributed by atoms with Crippen LogP contribution in [-0.2, 0) is 48.0 Å². The van der Waals surface area contributed by atoms with E-state index in [1.54, 1.807) is 44.0 Å². The van der Waals surface area contributed by atoms with Crippen LogP contribution in [0.4, 0.5) is 4.79 Å². The third-order valence-electron chi connectivity index (χ3n) is 13.2. The molecule has 4 aliphatic heterocycles. The Morgan fingerprint density at radius 2 is 1.91 bits per heavy atom. The third kappa shape index (κ3) is 9.74. The van der Waals surface area contributed by atoms with E-state index in [9.17, 15) is 24.0 Å². The number of rotatable bonds is 8. The van der Waals surface area contributed by atoms with E-state index in [2.05, 4.69) is 65.3 Å². The SMILES string of the molecule is CCn1c(-c2cccnc2[C@H](C)OC)c2c3cc(ccc31)-c1csc(n1)C[C@H](NC(=O)C(=C(C)C)N(C)C(=O)N1CCN(C(=O)C3=NC3)[C@@H](C)C1)C(=O)N1CCC[C@H](N1)C(=O)OCC(C)(C)C2. The van der Waals surface area contributed by atoms with Crippen molar-refractivity contribution in [3.63, 3.8) is 0 Å². The highest BCUT2D eigenvalue weighted by Crippen LogP contribution is 2.42. The first kappa shape index (κ1) is 47.5. The molecular formula is C49H62N10O7S. The molecule has 2 fully saturated rings. The van der Waals surface area contributed by atoms with Crippen molar-refractivity contribution in [3.8, 4) is 22.5 Å². The largest absolute Gasteiger partial charge is 0.464 e. The number of nitrogens with zero attached hydrogens (tertiary/aromatic N) is 8. The van der Waals surface area contributed by atoms with Gasteiger partial charge in [0.1, 0.15) is 23.5 Å². The summed E-state index contributed by atoms with van der Waals surface area (Å²) < 4.78 is 14.2. The summed E-state index contributed by atoms with van der Waals surface area (Å²) in [6.07, 6.45) is 3.13. The second-order valence-electron chi connectivity index (χ2n) is 19.0. The Kier molecular flexibility index (Phi) is 13.7. The number of aliphatic imine (C=N–C) groups is 1. The number of thiazole rings is 1. The fraction of sp³-hybridized carbons (Fsp3) is 0.510. The highest BCUT2D eigenvalue weighted by Gasteiger charge is 2.39. The second kappa shape index (κ2) is 19.3. The molecule has 18 heteroatoms. The van der Waals surface area contributed by atoms with Crippen LogP contribution in [0.5, 0.6) is 0 Å². The lowest BCUT2D eigenvalue weighted by molar-refractivity contribution is -0.155. The number of methoxy groups -OCH3 is 1. The molecule has 4 aromatic rings. The summed E-state index contributed by atoms with van der Waals surface area (Å²) in [4.78, 5) is 88.5. The van der Waals surface area contributed by atoms with Gasteiger partial charge in [-0.15, -0.1) is 11.3 Å². The second-order valence-corrected chi connectivity index (χ2v) is 19.9. The van der Waals surface area contributed by atoms with Crippen LogP contribution in [0.3, 0.4) is 0 Å². The molecule has 0 spiro atoms. The average molecular weight is 935 g/mol. The van der Waals surface area contributed by atoms with Crippen molar-refractivity contribution in [2.45, 2.75) is 105 Å². The number of hydrogen-bond donors (Lipinski definition) is 2. The number of hydrazine groups is 1. The van der Waals surface area contributed by atoms with Crippen molar-refractivity contribution in [3.05, 3.63) is 69.4 Å². The molecule has 4 aliphatic rings. The number of urea groups is 1. The van der Waals surface area contributed by atoms with Gasteiger partial charge in [0.25, 0.3) is 17.7 Å². The Labute approximate surface area is 395 Å². The Morgan fingerprint density at radius 1 is 1.13 bits per heavy atom. The monoisotopic (exact) mass is 934 g/mol. The molecule has 8 rings (SSSR count). The van der Waals surface area contributed by atoms with Gasteiger partial charge in [-0.05, 0) is 89.3 Å². The van der Waals surface area contributed by atoms with Crippen LogP contribution < -0.4 is 10.7 Å². The van der Waals surface area contributed by atoms with Crippen LogP contribution >= 0.6 is 11.3 Å². The molecule has 1 aromatic carbocycles. The maximum atomic E-state index is 14.7. The molecule has 0 unspecified atom stereocenters. The molecule has 0 radical (unpaired) electrons. The minimum atomic E-state index is -1.12. The fourth-order valence-corrected chi connectivity index (χ4v) is 10.4. The molecule has 0 aliphatic carbocycles. The molecule has 17 nitrogen and oxygen atoms in total. The van der Waals surface area contributed by atoms with Gasteiger partial charge in [0, 0.05) is 98.4 Å². The van der Waals surface area contributed by atoms with Crippen LogP contribution in [0, 0.1) is 5.41 Å². The number of hydrogen-bond acceptors (Lipinski definition) is 12. The maximum absolute atomic E-state index is 14.7. The molecule has 7 heterocycles. The summed E-state index contributed by atoms with van der Waals surface area (Å²) >= 11 is 1.40. The molecular weight excluding hydrogens is 873 g/mol. The standard InChI is InChI=1S/C49H62N10O7S/c1-10-57-39-16-15-31-21-33(39)34(43(57)32-13-11-17-50-41(32)30(5)65-9)23-49(6,7)27-66-47(63)35-14-12-18-59(54-35)46(62)36(22-40-52-38(31)26-67-40)53-44(60)42(28(2)3)55(8)48(64)56-19-20-58(29(4)25-56)45(61)37-24-51-37/h11,13,15-17,21,26,29-30,35-36,54H,10,12,14,18-20,22-25,27H2,1-9H3,(H,53,60)/t29-,30-,35-,36-/m0/s1. The van der Waals surface area contributed by atoms with Crippen LogP contribution in [0.15, 0.2) is 58.2 Å². The molecule has 6 bridgehead atoms. The summed E-state index contributed by atoms with van der Waals surface area (Å²) in [5, 5.41) is 8.01. The van der Waals surface area contributed by atoms with Gasteiger partial charge in [-0.3, -0.25) is 39.1 Å². The van der Waals surface area contributed by atoms with E-state index in [4.69, 9.17) is 19.4 Å². The highest BCUT2D eigenvalue weighted by molar-refractivity contribution is 7.10. The highest BCUT2D eigenvalue weighted by atomic mass is 32.1. The molecule has 0 saturated carbocycles. The lowest BCUT2D eigenvalue weighted by Gasteiger charge is -2.41. The van der Waals surface area contributed by atoms with Crippen molar-refractivity contribution in [2.24, 2.45) is 10.4 Å².